The molecule has 0 unspecified atom stereocenters. The van der Waals surface area contributed by atoms with Crippen LogP contribution in [0, 0.1) is 5.92 Å². The van der Waals surface area contributed by atoms with Crippen LogP contribution >= 0.6 is 11.5 Å². The van der Waals surface area contributed by atoms with Gasteiger partial charge in [0, 0.05) is 30.6 Å². The Labute approximate surface area is 100 Å². The van der Waals surface area contributed by atoms with E-state index in [1.54, 1.807) is 0 Å². The topological polar surface area (TPSA) is 58.0 Å². The van der Waals surface area contributed by atoms with Gasteiger partial charge < -0.3 is 10.4 Å². The fraction of sp³-hybridized carbons (Fsp3) is 0.818. The van der Waals surface area contributed by atoms with Gasteiger partial charge in [-0.25, -0.2) is 4.98 Å². The molecule has 0 radical (unpaired) electrons. The maximum atomic E-state index is 9.06. The van der Waals surface area contributed by atoms with E-state index in [4.69, 9.17) is 5.11 Å². The molecule has 0 bridgehead atoms. The standard InChI is InChI=1S/C11H19N3OS/c1-2-10-13-11(16-14-10)12-9-5-3-8(7-15)4-6-9/h8-9,15H,2-7H2,1H3,(H,12,13,14). The maximum Gasteiger partial charge on any atom is 0.202 e. The Bertz CT molecular complexity index is 321. The normalized spacial score (nSPS) is 25.6. The van der Waals surface area contributed by atoms with Crippen LogP contribution in [0.4, 0.5) is 5.13 Å². The predicted octanol–water partition coefficient (Wildman–Crippen LogP) is 2.06. The molecule has 0 aliphatic heterocycles. The second-order valence-electron chi connectivity index (χ2n) is 4.41. The third-order valence-electron chi connectivity index (χ3n) is 3.22. The monoisotopic (exact) mass is 241 g/mol. The molecular formula is C11H19N3OS. The molecule has 2 N–H and O–H groups in total. The van der Waals surface area contributed by atoms with E-state index in [1.807, 2.05) is 0 Å². The van der Waals surface area contributed by atoms with Crippen molar-refractivity contribution >= 4 is 16.7 Å². The first kappa shape index (κ1) is 11.8. The average Bonchev–Trinajstić information content (AvgIpc) is 2.78. The summed E-state index contributed by atoms with van der Waals surface area (Å²) >= 11 is 1.45. The SMILES string of the molecule is CCc1nsc(NC2CCC(CO)CC2)n1. The molecule has 0 atom stereocenters. The Morgan fingerprint density at radius 2 is 2.12 bits per heavy atom. The van der Waals surface area contributed by atoms with Crippen molar-refractivity contribution in [3.8, 4) is 0 Å². The van der Waals surface area contributed by atoms with Crippen LogP contribution < -0.4 is 5.32 Å². The Morgan fingerprint density at radius 3 is 2.69 bits per heavy atom. The third kappa shape index (κ3) is 2.92. The van der Waals surface area contributed by atoms with Crippen molar-refractivity contribution in [3.05, 3.63) is 5.82 Å². The summed E-state index contributed by atoms with van der Waals surface area (Å²) in [7, 11) is 0. The number of nitrogens with zero attached hydrogens (tertiary/aromatic N) is 2. The molecule has 2 rings (SSSR count). The van der Waals surface area contributed by atoms with Crippen molar-refractivity contribution in [1.82, 2.24) is 9.36 Å². The number of aryl methyl sites for hydroxylation is 1. The molecule has 16 heavy (non-hydrogen) atoms. The van der Waals surface area contributed by atoms with Gasteiger partial charge in [0.15, 0.2) is 0 Å². The van der Waals surface area contributed by atoms with Gasteiger partial charge in [0.2, 0.25) is 5.13 Å². The lowest BCUT2D eigenvalue weighted by Crippen LogP contribution is -2.27. The van der Waals surface area contributed by atoms with Crippen LogP contribution in [-0.4, -0.2) is 27.1 Å². The van der Waals surface area contributed by atoms with E-state index in [1.165, 1.54) is 11.5 Å². The Morgan fingerprint density at radius 1 is 1.38 bits per heavy atom. The fourth-order valence-electron chi connectivity index (χ4n) is 2.12. The van der Waals surface area contributed by atoms with Gasteiger partial charge in [-0.2, -0.15) is 4.37 Å². The quantitative estimate of drug-likeness (QED) is 0.847. The van der Waals surface area contributed by atoms with Gasteiger partial charge in [0.1, 0.15) is 5.82 Å². The number of hydrogen-bond donors (Lipinski definition) is 2. The molecule has 4 nitrogen and oxygen atoms in total. The minimum atomic E-state index is 0.339. The molecule has 1 aromatic rings. The van der Waals surface area contributed by atoms with E-state index in [-0.39, 0.29) is 0 Å². The summed E-state index contributed by atoms with van der Waals surface area (Å²) in [5.41, 5.74) is 0. The predicted molar refractivity (Wildman–Crippen MR) is 65.7 cm³/mol. The molecule has 0 amide bonds. The van der Waals surface area contributed by atoms with Gasteiger partial charge >= 0.3 is 0 Å². The van der Waals surface area contributed by atoms with Crippen LogP contribution in [0.3, 0.4) is 0 Å². The number of hydrogen-bond acceptors (Lipinski definition) is 5. The Hall–Kier alpha value is -0.680. The van der Waals surface area contributed by atoms with Gasteiger partial charge in [-0.05, 0) is 31.6 Å². The highest BCUT2D eigenvalue weighted by Crippen LogP contribution is 2.26. The van der Waals surface area contributed by atoms with Crippen LogP contribution in [0.2, 0.25) is 0 Å². The molecule has 1 fully saturated rings. The number of aliphatic hydroxyl groups is 1. The summed E-state index contributed by atoms with van der Waals surface area (Å²) in [6.45, 7) is 2.41. The summed E-state index contributed by atoms with van der Waals surface area (Å²) in [5.74, 6) is 1.44. The molecule has 1 heterocycles. The van der Waals surface area contributed by atoms with Gasteiger partial charge in [-0.3, -0.25) is 0 Å². The van der Waals surface area contributed by atoms with E-state index >= 15 is 0 Å². The zero-order valence-corrected chi connectivity index (χ0v) is 10.5. The molecule has 1 saturated carbocycles. The van der Waals surface area contributed by atoms with Gasteiger partial charge in [0.25, 0.3) is 0 Å². The molecule has 1 aliphatic rings. The van der Waals surface area contributed by atoms with Crippen LogP contribution in [0.1, 0.15) is 38.4 Å². The summed E-state index contributed by atoms with van der Waals surface area (Å²) in [5, 5.41) is 13.5. The zero-order valence-electron chi connectivity index (χ0n) is 9.65. The average molecular weight is 241 g/mol. The first-order chi connectivity index (χ1) is 7.81. The first-order valence-corrected chi connectivity index (χ1v) is 6.79. The summed E-state index contributed by atoms with van der Waals surface area (Å²) in [6, 6.07) is 0.514. The summed E-state index contributed by atoms with van der Waals surface area (Å²) in [4.78, 5) is 4.41. The van der Waals surface area contributed by atoms with Gasteiger partial charge in [0.05, 0.1) is 0 Å². The van der Waals surface area contributed by atoms with Gasteiger partial charge in [-0.15, -0.1) is 0 Å². The van der Waals surface area contributed by atoms with E-state index in [2.05, 4.69) is 21.6 Å². The van der Waals surface area contributed by atoms with Crippen LogP contribution in [0.5, 0.6) is 0 Å². The Balaban J connectivity index is 1.82. The third-order valence-corrected chi connectivity index (χ3v) is 3.90. The molecular weight excluding hydrogens is 222 g/mol. The van der Waals surface area contributed by atoms with Crippen molar-refractivity contribution < 1.29 is 5.11 Å². The molecule has 0 spiro atoms. The molecule has 0 aromatic carbocycles. The molecule has 5 heteroatoms. The van der Waals surface area contributed by atoms with Crippen molar-refractivity contribution in [2.45, 2.75) is 45.1 Å². The van der Waals surface area contributed by atoms with Crippen LogP contribution in [-0.2, 0) is 6.42 Å². The highest BCUT2D eigenvalue weighted by molar-refractivity contribution is 7.09. The smallest absolute Gasteiger partial charge is 0.202 e. The molecule has 0 saturated heterocycles. The largest absolute Gasteiger partial charge is 0.396 e. The maximum absolute atomic E-state index is 9.06. The lowest BCUT2D eigenvalue weighted by molar-refractivity contribution is 0.186. The second-order valence-corrected chi connectivity index (χ2v) is 5.17. The Kier molecular flexibility index (Phi) is 4.12. The number of nitrogens with one attached hydrogen (secondary N) is 1. The minimum absolute atomic E-state index is 0.339. The van der Waals surface area contributed by atoms with E-state index in [9.17, 15) is 0 Å². The first-order valence-electron chi connectivity index (χ1n) is 6.01. The van der Waals surface area contributed by atoms with Gasteiger partial charge in [-0.1, -0.05) is 6.92 Å². The number of aromatic nitrogens is 2. The zero-order chi connectivity index (χ0) is 11.4. The number of aliphatic hydroxyl groups excluding tert-OH is 1. The minimum Gasteiger partial charge on any atom is -0.396 e. The summed E-state index contributed by atoms with van der Waals surface area (Å²) in [6.07, 6.45) is 5.40. The lowest BCUT2D eigenvalue weighted by atomic mass is 9.87. The molecule has 90 valence electrons. The number of anilines is 1. The van der Waals surface area contributed by atoms with Crippen molar-refractivity contribution in [3.63, 3.8) is 0 Å². The second kappa shape index (κ2) is 5.59. The van der Waals surface area contributed by atoms with Crippen LogP contribution in [0.15, 0.2) is 0 Å². The molecule has 1 aliphatic carbocycles. The highest BCUT2D eigenvalue weighted by Gasteiger charge is 2.21. The molecule has 1 aromatic heterocycles. The van der Waals surface area contributed by atoms with Crippen molar-refractivity contribution in [2.75, 3.05) is 11.9 Å². The highest BCUT2D eigenvalue weighted by atomic mass is 32.1. The van der Waals surface area contributed by atoms with E-state index < -0.39 is 0 Å². The van der Waals surface area contributed by atoms with E-state index in [0.29, 0.717) is 18.6 Å². The van der Waals surface area contributed by atoms with E-state index in [0.717, 1.165) is 43.1 Å². The lowest BCUT2D eigenvalue weighted by Gasteiger charge is -2.27. The van der Waals surface area contributed by atoms with Crippen LogP contribution in [0.25, 0.3) is 0 Å². The summed E-state index contributed by atoms with van der Waals surface area (Å²) < 4.78 is 4.26. The van der Waals surface area contributed by atoms with Crippen molar-refractivity contribution in [2.24, 2.45) is 5.92 Å². The fourth-order valence-corrected chi connectivity index (χ4v) is 2.85. The van der Waals surface area contributed by atoms with Crippen molar-refractivity contribution in [1.29, 1.82) is 0 Å². The number of rotatable bonds is 4.